The molecule has 140 valence electrons. The van der Waals surface area contributed by atoms with Gasteiger partial charge in [0.1, 0.15) is 5.60 Å². The monoisotopic (exact) mass is 422 g/mol. The van der Waals surface area contributed by atoms with Crippen molar-refractivity contribution in [1.29, 1.82) is 0 Å². The van der Waals surface area contributed by atoms with E-state index in [4.69, 9.17) is 4.74 Å². The number of carbonyl (C=O) groups excluding carboxylic acids is 2. The standard InChI is InChI=1S/C18H23BrN4O3/c1-17(2,3)26-16(25)21-15-22-18(11-6-5-7-12(19)8-11)10-20-9-13(18)14(24)23(15)4/h5-8,13,20H,9-10H2,1-4H3,(H,21,22,25). The van der Waals surface area contributed by atoms with E-state index in [-0.39, 0.29) is 17.8 Å². The highest BCUT2D eigenvalue weighted by Gasteiger charge is 2.54. The van der Waals surface area contributed by atoms with Crippen molar-refractivity contribution in [2.24, 2.45) is 10.9 Å². The third-order valence-electron chi connectivity index (χ3n) is 4.56. The molecule has 2 heterocycles. The van der Waals surface area contributed by atoms with Crippen molar-refractivity contribution in [2.45, 2.75) is 31.9 Å². The largest absolute Gasteiger partial charge is 0.442 e. The summed E-state index contributed by atoms with van der Waals surface area (Å²) in [5.74, 6) is -0.181. The Balaban J connectivity index is 1.99. The van der Waals surface area contributed by atoms with Crippen molar-refractivity contribution in [1.82, 2.24) is 15.5 Å². The molecule has 0 bridgehead atoms. The van der Waals surface area contributed by atoms with Gasteiger partial charge in [-0.15, -0.1) is 4.99 Å². The number of nitrogens with one attached hydrogen (secondary N) is 2. The van der Waals surface area contributed by atoms with Crippen molar-refractivity contribution in [3.63, 3.8) is 0 Å². The van der Waals surface area contributed by atoms with Crippen LogP contribution in [-0.2, 0) is 15.1 Å². The molecule has 1 aromatic rings. The summed E-state index contributed by atoms with van der Waals surface area (Å²) in [7, 11) is 1.61. The van der Waals surface area contributed by atoms with Crippen LogP contribution >= 0.6 is 15.9 Å². The lowest BCUT2D eigenvalue weighted by molar-refractivity contribution is -0.133. The van der Waals surface area contributed by atoms with E-state index in [0.717, 1.165) is 10.0 Å². The number of halogens is 1. The molecule has 2 unspecified atom stereocenters. The molecule has 8 heteroatoms. The van der Waals surface area contributed by atoms with E-state index < -0.39 is 17.2 Å². The third-order valence-corrected chi connectivity index (χ3v) is 5.05. The smallest absolute Gasteiger partial charge is 0.437 e. The highest BCUT2D eigenvalue weighted by Crippen LogP contribution is 2.38. The van der Waals surface area contributed by atoms with Crippen LogP contribution in [-0.4, -0.2) is 48.6 Å². The van der Waals surface area contributed by atoms with Crippen molar-refractivity contribution in [3.05, 3.63) is 34.3 Å². The molecule has 2 atom stereocenters. The van der Waals surface area contributed by atoms with Gasteiger partial charge < -0.3 is 15.4 Å². The molecule has 0 aliphatic carbocycles. The molecule has 3 rings (SSSR count). The highest BCUT2D eigenvalue weighted by atomic mass is 79.9. The van der Waals surface area contributed by atoms with Crippen LogP contribution in [0.1, 0.15) is 26.3 Å². The molecular weight excluding hydrogens is 400 g/mol. The van der Waals surface area contributed by atoms with Crippen LogP contribution in [0.2, 0.25) is 0 Å². The Hall–Kier alpha value is -1.93. The summed E-state index contributed by atoms with van der Waals surface area (Å²) >= 11 is 3.49. The van der Waals surface area contributed by atoms with Crippen molar-refractivity contribution >= 4 is 33.9 Å². The van der Waals surface area contributed by atoms with E-state index in [2.05, 4.69) is 31.6 Å². The second kappa shape index (κ2) is 6.66. The summed E-state index contributed by atoms with van der Waals surface area (Å²) in [6.07, 6.45) is -0.728. The predicted molar refractivity (Wildman–Crippen MR) is 102 cm³/mol. The lowest BCUT2D eigenvalue weighted by atomic mass is 9.78. The minimum absolute atomic E-state index is 0.0870. The molecule has 0 spiro atoms. The summed E-state index contributed by atoms with van der Waals surface area (Å²) in [5, 5.41) is 6.63. The summed E-state index contributed by atoms with van der Waals surface area (Å²) in [6.45, 7) is 6.43. The van der Waals surface area contributed by atoms with Gasteiger partial charge in [-0.25, -0.2) is 4.79 Å². The molecule has 1 aromatic carbocycles. The average Bonchev–Trinajstić information content (AvgIpc) is 2.96. The zero-order chi connectivity index (χ0) is 19.1. The summed E-state index contributed by atoms with van der Waals surface area (Å²) in [6, 6.07) is 7.82. The third kappa shape index (κ3) is 3.48. The molecule has 26 heavy (non-hydrogen) atoms. The first-order chi connectivity index (χ1) is 12.1. The molecule has 0 aromatic heterocycles. The molecule has 2 amide bonds. The number of hydrogen-bond acceptors (Lipinski definition) is 4. The highest BCUT2D eigenvalue weighted by molar-refractivity contribution is 9.10. The quantitative estimate of drug-likeness (QED) is 0.724. The van der Waals surface area contributed by atoms with Gasteiger partial charge in [-0.3, -0.25) is 9.69 Å². The van der Waals surface area contributed by atoms with Crippen molar-refractivity contribution in [2.75, 3.05) is 20.1 Å². The van der Waals surface area contributed by atoms with Crippen LogP contribution in [0.3, 0.4) is 0 Å². The summed E-state index contributed by atoms with van der Waals surface area (Å²) < 4.78 is 6.19. The zero-order valence-corrected chi connectivity index (χ0v) is 16.9. The van der Waals surface area contributed by atoms with Gasteiger partial charge in [-0.1, -0.05) is 28.1 Å². The van der Waals surface area contributed by atoms with Crippen LogP contribution < -0.4 is 10.6 Å². The SMILES string of the molecule is CN1C(=O)C2CNCC2(c2cccc(Br)c2)N/C1=N/C(=O)OC(C)(C)C. The first-order valence-corrected chi connectivity index (χ1v) is 9.26. The second-order valence-electron chi connectivity index (χ2n) is 7.60. The normalized spacial score (nSPS) is 27.3. The fraction of sp³-hybridized carbons (Fsp3) is 0.500. The molecule has 2 aliphatic heterocycles. The van der Waals surface area contributed by atoms with Gasteiger partial charge in [0.05, 0.1) is 11.5 Å². The molecular formula is C18H23BrN4O3. The number of aliphatic imine (C=N–C) groups is 1. The number of hydrogen-bond donors (Lipinski definition) is 2. The van der Waals surface area contributed by atoms with E-state index in [1.54, 1.807) is 27.8 Å². The van der Waals surface area contributed by atoms with E-state index >= 15 is 0 Å². The van der Waals surface area contributed by atoms with Crippen molar-refractivity contribution < 1.29 is 14.3 Å². The number of fused-ring (bicyclic) bond motifs is 1. The van der Waals surface area contributed by atoms with E-state index in [1.807, 2.05) is 24.3 Å². The van der Waals surface area contributed by atoms with Crippen LogP contribution in [0.25, 0.3) is 0 Å². The molecule has 2 saturated heterocycles. The Morgan fingerprint density at radius 1 is 1.42 bits per heavy atom. The van der Waals surface area contributed by atoms with E-state index in [9.17, 15) is 9.59 Å². The fourth-order valence-corrected chi connectivity index (χ4v) is 3.78. The van der Waals surface area contributed by atoms with Gasteiger partial charge in [0.25, 0.3) is 0 Å². The second-order valence-corrected chi connectivity index (χ2v) is 8.52. The molecule has 2 fully saturated rings. The zero-order valence-electron chi connectivity index (χ0n) is 15.3. The van der Waals surface area contributed by atoms with Gasteiger partial charge in [-0.2, -0.15) is 0 Å². The summed E-state index contributed by atoms with van der Waals surface area (Å²) in [4.78, 5) is 30.5. The van der Waals surface area contributed by atoms with Crippen molar-refractivity contribution in [3.8, 4) is 0 Å². The van der Waals surface area contributed by atoms with Gasteiger partial charge in [0, 0.05) is 24.6 Å². The predicted octanol–water partition coefficient (Wildman–Crippen LogP) is 2.22. The molecule has 2 N–H and O–H groups in total. The van der Waals surface area contributed by atoms with E-state index in [0.29, 0.717) is 13.1 Å². The number of amides is 2. The lowest BCUT2D eigenvalue weighted by Crippen LogP contribution is -2.65. The Labute approximate surface area is 161 Å². The number of carbonyl (C=O) groups is 2. The Bertz CT molecular complexity index is 774. The molecule has 7 nitrogen and oxygen atoms in total. The first-order valence-electron chi connectivity index (χ1n) is 8.46. The minimum Gasteiger partial charge on any atom is -0.442 e. The Kier molecular flexibility index (Phi) is 4.83. The first kappa shape index (κ1) is 18.8. The van der Waals surface area contributed by atoms with Crippen LogP contribution in [0, 0.1) is 5.92 Å². The van der Waals surface area contributed by atoms with E-state index in [1.165, 1.54) is 4.90 Å². The maximum absolute atomic E-state index is 12.9. The van der Waals surface area contributed by atoms with Gasteiger partial charge in [0.15, 0.2) is 0 Å². The average molecular weight is 423 g/mol. The van der Waals surface area contributed by atoms with Gasteiger partial charge in [0.2, 0.25) is 11.9 Å². The Morgan fingerprint density at radius 2 is 2.15 bits per heavy atom. The fourth-order valence-electron chi connectivity index (χ4n) is 3.38. The van der Waals surface area contributed by atoms with Crippen LogP contribution in [0.4, 0.5) is 4.79 Å². The molecule has 2 aliphatic rings. The Morgan fingerprint density at radius 3 is 2.81 bits per heavy atom. The maximum Gasteiger partial charge on any atom is 0.437 e. The lowest BCUT2D eigenvalue weighted by Gasteiger charge is -2.43. The van der Waals surface area contributed by atoms with Crippen LogP contribution in [0.15, 0.2) is 33.7 Å². The molecule has 0 radical (unpaired) electrons. The number of ether oxygens (including phenoxy) is 1. The number of benzene rings is 1. The number of nitrogens with zero attached hydrogens (tertiary/aromatic N) is 2. The summed E-state index contributed by atoms with van der Waals surface area (Å²) in [5.41, 5.74) is -0.355. The number of rotatable bonds is 1. The van der Waals surface area contributed by atoms with Crippen LogP contribution in [0.5, 0.6) is 0 Å². The maximum atomic E-state index is 12.9. The topological polar surface area (TPSA) is 83.0 Å². The van der Waals surface area contributed by atoms with Gasteiger partial charge in [-0.05, 0) is 38.5 Å². The number of guanidine groups is 1. The van der Waals surface area contributed by atoms with Gasteiger partial charge >= 0.3 is 6.09 Å². The minimum atomic E-state index is -0.728. The molecule has 0 saturated carbocycles.